The zero-order valence-electron chi connectivity index (χ0n) is 38.2. The first-order valence-electron chi connectivity index (χ1n) is 23.7. The Morgan fingerprint density at radius 3 is 1.84 bits per heavy atom. The maximum atomic E-state index is 3.88. The molecule has 2 aromatic heterocycles. The van der Waals surface area contributed by atoms with Gasteiger partial charge in [0.25, 0.3) is 0 Å². The zero-order valence-corrected chi connectivity index (χ0v) is 39.0. The molecule has 13 aromatic rings. The van der Waals surface area contributed by atoms with Crippen LogP contribution in [0.1, 0.15) is 36.1 Å². The van der Waals surface area contributed by atoms with Crippen LogP contribution < -0.4 is 0 Å². The minimum absolute atomic E-state index is 0.101. The molecule has 0 saturated carbocycles. The van der Waals surface area contributed by atoms with Crippen molar-refractivity contribution in [2.75, 3.05) is 0 Å². The first-order chi connectivity index (χ1) is 33.4. The predicted molar refractivity (Wildman–Crippen MR) is 296 cm³/mol. The van der Waals surface area contributed by atoms with Crippen molar-refractivity contribution in [3.05, 3.63) is 229 Å². The Kier molecular flexibility index (Phi) is 8.34. The molecule has 2 heterocycles. The van der Waals surface area contributed by atoms with E-state index in [0.29, 0.717) is 0 Å². The van der Waals surface area contributed by atoms with Gasteiger partial charge in [-0.25, -0.2) is 0 Å². The molecule has 1 aliphatic carbocycles. The van der Waals surface area contributed by atoms with Gasteiger partial charge in [-0.05, 0) is 143 Å². The van der Waals surface area contributed by atoms with Gasteiger partial charge in [0.2, 0.25) is 0 Å². The summed E-state index contributed by atoms with van der Waals surface area (Å²) in [6.45, 7) is 10.9. The first kappa shape index (κ1) is 39.2. The van der Waals surface area contributed by atoms with Gasteiger partial charge >= 0.3 is 0 Å². The standard InChI is InChI=1S/C66H45NS/c1-5-6-16-40-27-28-42-34-63-56(36-53(42)39(40)2)48-32-30-44(35-62(48)68-63)65-51-23-11-9-21-49(51)64(50-22-10-12-24-52(50)65)43-29-31-47-55-37-58-54(46-20-13-14-25-57(46)66(58,3)4)38-61(55)67(60(47)33-43)59-26-15-18-41-17-7-8-19-45(41)59/h5-38H,1H2,2-4H3/b16-6-. The maximum absolute atomic E-state index is 3.88. The van der Waals surface area contributed by atoms with Gasteiger partial charge in [0.05, 0.1) is 16.7 Å². The highest BCUT2D eigenvalue weighted by molar-refractivity contribution is 7.26. The number of hydrogen-bond donors (Lipinski definition) is 0. The monoisotopic (exact) mass is 883 g/mol. The summed E-state index contributed by atoms with van der Waals surface area (Å²) in [4.78, 5) is 0. The summed E-state index contributed by atoms with van der Waals surface area (Å²) < 4.78 is 5.17. The van der Waals surface area contributed by atoms with Crippen LogP contribution in [0.5, 0.6) is 0 Å². The fourth-order valence-corrected chi connectivity index (χ4v) is 13.2. The van der Waals surface area contributed by atoms with Crippen LogP contribution in [0.25, 0.3) is 130 Å². The fourth-order valence-electron chi connectivity index (χ4n) is 12.0. The topological polar surface area (TPSA) is 4.93 Å². The van der Waals surface area contributed by atoms with Crippen LogP contribution in [-0.2, 0) is 5.41 Å². The number of rotatable bonds is 5. The van der Waals surface area contributed by atoms with E-state index in [1.807, 2.05) is 23.5 Å². The van der Waals surface area contributed by atoms with Crippen LogP contribution in [0.3, 0.4) is 0 Å². The third kappa shape index (κ3) is 5.50. The Bertz CT molecular complexity index is 4320. The maximum Gasteiger partial charge on any atom is 0.0547 e. The van der Waals surface area contributed by atoms with Crippen molar-refractivity contribution in [3.63, 3.8) is 0 Å². The lowest BCUT2D eigenvalue weighted by atomic mass is 9.82. The Morgan fingerprint density at radius 1 is 0.456 bits per heavy atom. The van der Waals surface area contributed by atoms with Crippen LogP contribution in [0.15, 0.2) is 207 Å². The van der Waals surface area contributed by atoms with Crippen LogP contribution in [-0.4, -0.2) is 4.57 Å². The summed E-state index contributed by atoms with van der Waals surface area (Å²) in [7, 11) is 0. The SMILES string of the molecule is C=C/C=C\c1ccc2cc3sc4cc(-c5c6ccccc6c(-c6ccc7c8cc9c(cc8n(-c8cccc%10ccccc8%10)c7c6)-c6ccccc6C9(C)C)c6ccccc56)ccc4c3cc2c1C. The molecule has 0 radical (unpaired) electrons. The molecule has 0 saturated heterocycles. The van der Waals surface area contributed by atoms with Crippen molar-refractivity contribution in [2.24, 2.45) is 0 Å². The predicted octanol–water partition coefficient (Wildman–Crippen LogP) is 18.9. The summed E-state index contributed by atoms with van der Waals surface area (Å²) in [5, 5.41) is 15.3. The Morgan fingerprint density at radius 2 is 1.09 bits per heavy atom. The fraction of sp³-hybridized carbons (Fsp3) is 0.0606. The molecule has 0 amide bonds. The van der Waals surface area contributed by atoms with E-state index in [1.165, 1.54) is 146 Å². The number of aryl methyl sites for hydroxylation is 1. The highest BCUT2D eigenvalue weighted by atomic mass is 32.1. The summed E-state index contributed by atoms with van der Waals surface area (Å²) in [6.07, 6.45) is 6.01. The summed E-state index contributed by atoms with van der Waals surface area (Å²) >= 11 is 1.90. The molecule has 0 bridgehead atoms. The molecule has 0 fully saturated rings. The largest absolute Gasteiger partial charge is 0.309 e. The van der Waals surface area contributed by atoms with Gasteiger partial charge < -0.3 is 4.57 Å². The van der Waals surface area contributed by atoms with Crippen LogP contribution >= 0.6 is 11.3 Å². The van der Waals surface area contributed by atoms with Gasteiger partial charge in [-0.3, -0.25) is 0 Å². The number of benzene rings is 11. The smallest absolute Gasteiger partial charge is 0.0547 e. The number of hydrogen-bond acceptors (Lipinski definition) is 1. The lowest BCUT2D eigenvalue weighted by Gasteiger charge is -2.21. The summed E-state index contributed by atoms with van der Waals surface area (Å²) in [6, 6.07) is 71.4. The van der Waals surface area contributed by atoms with Crippen LogP contribution in [0.4, 0.5) is 0 Å². The normalized spacial score (nSPS) is 13.3. The van der Waals surface area contributed by atoms with E-state index in [1.54, 1.807) is 0 Å². The van der Waals surface area contributed by atoms with Gasteiger partial charge in [-0.2, -0.15) is 0 Å². The number of fused-ring (bicyclic) bond motifs is 13. The molecule has 0 aliphatic heterocycles. The second kappa shape index (κ2) is 14.5. The molecule has 68 heavy (non-hydrogen) atoms. The average molecular weight is 884 g/mol. The summed E-state index contributed by atoms with van der Waals surface area (Å²) in [5.74, 6) is 0. The molecule has 14 rings (SSSR count). The Balaban J connectivity index is 1.00. The zero-order chi connectivity index (χ0) is 45.4. The molecule has 320 valence electrons. The van der Waals surface area contributed by atoms with Crippen LogP contribution in [0.2, 0.25) is 0 Å². The third-order valence-electron chi connectivity index (χ3n) is 15.3. The van der Waals surface area contributed by atoms with E-state index >= 15 is 0 Å². The van der Waals surface area contributed by atoms with E-state index in [4.69, 9.17) is 0 Å². The van der Waals surface area contributed by atoms with Gasteiger partial charge in [-0.15, -0.1) is 11.3 Å². The van der Waals surface area contributed by atoms with Crippen molar-refractivity contribution in [2.45, 2.75) is 26.2 Å². The van der Waals surface area contributed by atoms with Gasteiger partial charge in [0, 0.05) is 41.7 Å². The highest BCUT2D eigenvalue weighted by Crippen LogP contribution is 2.52. The second-order valence-electron chi connectivity index (χ2n) is 19.2. The van der Waals surface area contributed by atoms with Gasteiger partial charge in [0.1, 0.15) is 0 Å². The van der Waals surface area contributed by atoms with Crippen molar-refractivity contribution in [3.8, 4) is 39.1 Å². The molecule has 11 aromatic carbocycles. The molecule has 0 atom stereocenters. The van der Waals surface area contributed by atoms with Gasteiger partial charge in [0.15, 0.2) is 0 Å². The van der Waals surface area contributed by atoms with Gasteiger partial charge in [-0.1, -0.05) is 184 Å². The number of allylic oxidation sites excluding steroid dienone is 2. The number of nitrogens with zero attached hydrogens (tertiary/aromatic N) is 1. The third-order valence-corrected chi connectivity index (χ3v) is 16.4. The number of aromatic nitrogens is 1. The lowest BCUT2D eigenvalue weighted by molar-refractivity contribution is 0.661. The molecular weight excluding hydrogens is 839 g/mol. The number of thiophene rings is 1. The summed E-state index contributed by atoms with van der Waals surface area (Å²) in [5.41, 5.74) is 16.5. The molecule has 0 unspecified atom stereocenters. The minimum atomic E-state index is -0.101. The first-order valence-corrected chi connectivity index (χ1v) is 24.5. The van der Waals surface area contributed by atoms with E-state index in [-0.39, 0.29) is 5.41 Å². The van der Waals surface area contributed by atoms with Crippen molar-refractivity contribution in [1.82, 2.24) is 4.57 Å². The second-order valence-corrected chi connectivity index (χ2v) is 20.3. The Hall–Kier alpha value is -8.04. The molecule has 0 spiro atoms. The van der Waals surface area contributed by atoms with E-state index in [2.05, 4.69) is 226 Å². The van der Waals surface area contributed by atoms with Crippen LogP contribution in [0, 0.1) is 6.92 Å². The van der Waals surface area contributed by atoms with Crippen molar-refractivity contribution < 1.29 is 0 Å². The minimum Gasteiger partial charge on any atom is -0.309 e. The molecule has 0 N–H and O–H groups in total. The van der Waals surface area contributed by atoms with E-state index < -0.39 is 0 Å². The average Bonchev–Trinajstić information content (AvgIpc) is 3.97. The van der Waals surface area contributed by atoms with Crippen molar-refractivity contribution >= 4 is 102 Å². The van der Waals surface area contributed by atoms with E-state index in [0.717, 1.165) is 0 Å². The molecule has 1 nitrogen and oxygen atoms in total. The molecule has 2 heteroatoms. The quantitative estimate of drug-likeness (QED) is 0.120. The highest BCUT2D eigenvalue weighted by Gasteiger charge is 2.36. The molecular formula is C66H45NS. The van der Waals surface area contributed by atoms with Crippen molar-refractivity contribution in [1.29, 1.82) is 0 Å². The van der Waals surface area contributed by atoms with E-state index in [9.17, 15) is 0 Å². The lowest BCUT2D eigenvalue weighted by Crippen LogP contribution is -2.14. The molecule has 1 aliphatic rings. The Labute approximate surface area is 399 Å².